The monoisotopic (exact) mass is 247 g/mol. The lowest BCUT2D eigenvalue weighted by Gasteiger charge is -2.28. The van der Waals surface area contributed by atoms with Crippen LogP contribution < -0.4 is 5.32 Å². The molecular formula is C14H21N3O. The minimum absolute atomic E-state index is 0.0264. The molecule has 0 aromatic heterocycles. The van der Waals surface area contributed by atoms with Crippen molar-refractivity contribution in [3.63, 3.8) is 0 Å². The lowest BCUT2D eigenvalue weighted by Crippen LogP contribution is -2.51. The van der Waals surface area contributed by atoms with Crippen molar-refractivity contribution in [1.29, 1.82) is 5.26 Å². The number of nitriles is 1. The topological polar surface area (TPSA) is 56.1 Å². The Morgan fingerprint density at radius 3 is 2.72 bits per heavy atom. The van der Waals surface area contributed by atoms with E-state index in [-0.39, 0.29) is 5.91 Å². The molecule has 2 aliphatic carbocycles. The minimum atomic E-state index is -0.643. The van der Waals surface area contributed by atoms with Crippen LogP contribution in [0.2, 0.25) is 0 Å². The number of amides is 1. The predicted molar refractivity (Wildman–Crippen MR) is 67.6 cm³/mol. The number of carbonyl (C=O) groups is 1. The zero-order valence-electron chi connectivity index (χ0n) is 11.0. The number of likely N-dealkylation sites (tertiary alicyclic amines) is 1. The molecule has 3 atom stereocenters. The summed E-state index contributed by atoms with van der Waals surface area (Å²) in [7, 11) is 0. The molecule has 1 heterocycles. The molecular weight excluding hydrogens is 226 g/mol. The van der Waals surface area contributed by atoms with Gasteiger partial charge in [-0.2, -0.15) is 5.26 Å². The summed E-state index contributed by atoms with van der Waals surface area (Å²) >= 11 is 0. The van der Waals surface area contributed by atoms with Gasteiger partial charge >= 0.3 is 0 Å². The summed E-state index contributed by atoms with van der Waals surface area (Å²) < 4.78 is 0. The average molecular weight is 247 g/mol. The molecule has 1 saturated heterocycles. The van der Waals surface area contributed by atoms with E-state index in [9.17, 15) is 10.1 Å². The largest absolute Gasteiger partial charge is 0.337 e. The summed E-state index contributed by atoms with van der Waals surface area (Å²) in [6.07, 6.45) is 5.99. The van der Waals surface area contributed by atoms with E-state index in [4.69, 9.17) is 0 Å². The maximum Gasteiger partial charge on any atom is 0.235 e. The van der Waals surface area contributed by atoms with E-state index in [2.05, 4.69) is 16.3 Å². The van der Waals surface area contributed by atoms with Crippen LogP contribution >= 0.6 is 0 Å². The molecule has 0 radical (unpaired) electrons. The average Bonchev–Trinajstić information content (AvgIpc) is 3.02. The Hall–Kier alpha value is -1.08. The number of fused-ring (bicyclic) bond motifs is 2. The van der Waals surface area contributed by atoms with E-state index in [0.717, 1.165) is 25.3 Å². The Kier molecular flexibility index (Phi) is 2.82. The highest BCUT2D eigenvalue weighted by atomic mass is 16.2. The Labute approximate surface area is 108 Å². The summed E-state index contributed by atoms with van der Waals surface area (Å²) in [6.45, 7) is 3.41. The summed E-state index contributed by atoms with van der Waals surface area (Å²) in [5, 5.41) is 12.2. The van der Waals surface area contributed by atoms with Gasteiger partial charge in [0.05, 0.1) is 12.6 Å². The SMILES string of the molecule is CC(C#N)(NC(=O)CN1CC2CCC1C2)C1CC1. The zero-order chi connectivity index (χ0) is 12.8. The lowest BCUT2D eigenvalue weighted by molar-refractivity contribution is -0.124. The van der Waals surface area contributed by atoms with Gasteiger partial charge in [0.15, 0.2) is 0 Å². The second-order valence-electron chi connectivity index (χ2n) is 6.40. The van der Waals surface area contributed by atoms with E-state index in [0.29, 0.717) is 18.5 Å². The number of rotatable bonds is 4. The fourth-order valence-electron chi connectivity index (χ4n) is 3.62. The summed E-state index contributed by atoms with van der Waals surface area (Å²) in [5.74, 6) is 1.20. The smallest absolute Gasteiger partial charge is 0.235 e. The van der Waals surface area contributed by atoms with E-state index in [1.54, 1.807) is 0 Å². The molecule has 2 saturated carbocycles. The first-order chi connectivity index (χ1) is 8.60. The molecule has 2 bridgehead atoms. The first kappa shape index (κ1) is 12.0. The fraction of sp³-hybridized carbons (Fsp3) is 0.857. The maximum absolute atomic E-state index is 12.1. The van der Waals surface area contributed by atoms with E-state index in [1.165, 1.54) is 19.3 Å². The van der Waals surface area contributed by atoms with Gasteiger partial charge in [0.1, 0.15) is 5.54 Å². The van der Waals surface area contributed by atoms with Crippen molar-refractivity contribution in [3.05, 3.63) is 0 Å². The van der Waals surface area contributed by atoms with Crippen molar-refractivity contribution in [3.8, 4) is 6.07 Å². The molecule has 98 valence electrons. The van der Waals surface area contributed by atoms with Crippen LogP contribution in [0, 0.1) is 23.2 Å². The second-order valence-corrected chi connectivity index (χ2v) is 6.40. The molecule has 0 aromatic rings. The highest BCUT2D eigenvalue weighted by Gasteiger charge is 2.44. The van der Waals surface area contributed by atoms with Crippen LogP contribution in [0.15, 0.2) is 0 Å². The summed E-state index contributed by atoms with van der Waals surface area (Å²) in [5.41, 5.74) is -0.643. The first-order valence-corrected chi connectivity index (χ1v) is 7.07. The molecule has 1 N–H and O–H groups in total. The highest BCUT2D eigenvalue weighted by Crippen LogP contribution is 2.39. The lowest BCUT2D eigenvalue weighted by atomic mass is 9.98. The van der Waals surface area contributed by atoms with Crippen molar-refractivity contribution >= 4 is 5.91 Å². The highest BCUT2D eigenvalue weighted by molar-refractivity contribution is 5.79. The molecule has 3 aliphatic rings. The van der Waals surface area contributed by atoms with Crippen LogP contribution in [0.4, 0.5) is 0 Å². The number of nitrogens with one attached hydrogen (secondary N) is 1. The molecule has 3 rings (SSSR count). The van der Waals surface area contributed by atoms with Gasteiger partial charge in [0.2, 0.25) is 5.91 Å². The molecule has 3 fully saturated rings. The van der Waals surface area contributed by atoms with Crippen molar-refractivity contribution in [2.24, 2.45) is 11.8 Å². The number of hydrogen-bond acceptors (Lipinski definition) is 3. The van der Waals surface area contributed by atoms with Gasteiger partial charge in [-0.1, -0.05) is 0 Å². The third-order valence-electron chi connectivity index (χ3n) is 4.89. The number of piperidine rings is 1. The van der Waals surface area contributed by atoms with Crippen molar-refractivity contribution in [2.45, 2.75) is 50.6 Å². The Morgan fingerprint density at radius 2 is 2.22 bits per heavy atom. The van der Waals surface area contributed by atoms with Crippen LogP contribution in [0.5, 0.6) is 0 Å². The maximum atomic E-state index is 12.1. The molecule has 3 unspecified atom stereocenters. The number of carbonyl (C=O) groups excluding carboxylic acids is 1. The standard InChI is InChI=1S/C14H21N3O/c1-14(9-15,11-3-4-11)16-13(18)8-17-7-10-2-5-12(17)6-10/h10-12H,2-8H2,1H3,(H,16,18). The van der Waals surface area contributed by atoms with Crippen molar-refractivity contribution < 1.29 is 4.79 Å². The third-order valence-corrected chi connectivity index (χ3v) is 4.89. The van der Waals surface area contributed by atoms with Crippen LogP contribution in [0.3, 0.4) is 0 Å². The van der Waals surface area contributed by atoms with Gasteiger partial charge in [-0.25, -0.2) is 0 Å². The van der Waals surface area contributed by atoms with Crippen molar-refractivity contribution in [1.82, 2.24) is 10.2 Å². The van der Waals surface area contributed by atoms with Gasteiger partial charge in [-0.15, -0.1) is 0 Å². The quantitative estimate of drug-likeness (QED) is 0.814. The normalized spacial score (nSPS) is 34.0. The third kappa shape index (κ3) is 2.12. The van der Waals surface area contributed by atoms with Crippen molar-refractivity contribution in [2.75, 3.05) is 13.1 Å². The molecule has 1 aliphatic heterocycles. The number of hydrogen-bond donors (Lipinski definition) is 1. The van der Waals surface area contributed by atoms with Crippen LogP contribution in [-0.2, 0) is 4.79 Å². The minimum Gasteiger partial charge on any atom is -0.337 e. The number of nitrogens with zero attached hydrogens (tertiary/aromatic N) is 2. The molecule has 4 nitrogen and oxygen atoms in total. The summed E-state index contributed by atoms with van der Waals surface area (Å²) in [4.78, 5) is 14.4. The van der Waals surface area contributed by atoms with E-state index < -0.39 is 5.54 Å². The summed E-state index contributed by atoms with van der Waals surface area (Å²) in [6, 6.07) is 2.90. The first-order valence-electron chi connectivity index (χ1n) is 7.07. The Balaban J connectivity index is 1.54. The van der Waals surface area contributed by atoms with E-state index in [1.807, 2.05) is 6.92 Å². The molecule has 18 heavy (non-hydrogen) atoms. The molecule has 4 heteroatoms. The molecule has 0 aromatic carbocycles. The fourth-order valence-corrected chi connectivity index (χ4v) is 3.62. The zero-order valence-corrected chi connectivity index (χ0v) is 11.0. The second kappa shape index (κ2) is 4.24. The van der Waals surface area contributed by atoms with Gasteiger partial charge in [0.25, 0.3) is 0 Å². The predicted octanol–water partition coefficient (Wildman–Crippen LogP) is 1.28. The van der Waals surface area contributed by atoms with Gasteiger partial charge < -0.3 is 5.32 Å². The molecule has 0 spiro atoms. The van der Waals surface area contributed by atoms with Crippen LogP contribution in [0.25, 0.3) is 0 Å². The van der Waals surface area contributed by atoms with Gasteiger partial charge in [0, 0.05) is 12.6 Å². The van der Waals surface area contributed by atoms with Gasteiger partial charge in [-0.3, -0.25) is 9.69 Å². The van der Waals surface area contributed by atoms with Gasteiger partial charge in [-0.05, 0) is 50.9 Å². The Morgan fingerprint density at radius 1 is 1.44 bits per heavy atom. The Bertz CT molecular complexity index is 398. The van der Waals surface area contributed by atoms with Crippen LogP contribution in [-0.4, -0.2) is 35.5 Å². The molecule has 1 amide bonds. The van der Waals surface area contributed by atoms with E-state index >= 15 is 0 Å². The van der Waals surface area contributed by atoms with Crippen LogP contribution in [0.1, 0.15) is 39.0 Å².